The van der Waals surface area contributed by atoms with Gasteiger partial charge in [0.1, 0.15) is 11.5 Å². The van der Waals surface area contributed by atoms with Crippen molar-refractivity contribution in [3.8, 4) is 22.5 Å². The molecule has 9 heteroatoms. The van der Waals surface area contributed by atoms with E-state index in [0.29, 0.717) is 16.5 Å². The van der Waals surface area contributed by atoms with Crippen LogP contribution >= 0.6 is 11.3 Å². The number of benzene rings is 1. The molecule has 0 saturated carbocycles. The van der Waals surface area contributed by atoms with Gasteiger partial charge < -0.3 is 4.52 Å². The van der Waals surface area contributed by atoms with Crippen LogP contribution in [-0.2, 0) is 7.05 Å². The van der Waals surface area contributed by atoms with Crippen LogP contribution in [0.15, 0.2) is 41.1 Å². The largest absolute Gasteiger partial charge is 0.350 e. The first kappa shape index (κ1) is 18.1. The van der Waals surface area contributed by atoms with E-state index in [2.05, 4.69) is 20.6 Å². The maximum atomic E-state index is 13.1. The summed E-state index contributed by atoms with van der Waals surface area (Å²) in [6.45, 7) is 3.75. The number of hydrogen-bond donors (Lipinski definition) is 1. The maximum Gasteiger partial charge on any atom is 0.296 e. The smallest absolute Gasteiger partial charge is 0.296 e. The minimum absolute atomic E-state index is 0.0782. The summed E-state index contributed by atoms with van der Waals surface area (Å²) in [6, 6.07) is 7.64. The number of nitrogens with zero attached hydrogens (tertiary/aromatic N) is 4. The second-order valence-electron chi connectivity index (χ2n) is 6.26. The lowest BCUT2D eigenvalue weighted by Crippen LogP contribution is -2.10. The SMILES string of the molecule is Cc1nn(C)cc1-c1cc(C(=O)Nc2nc(-c3ccc(F)cc3)c(C)s2)on1. The molecule has 1 N–H and O–H groups in total. The molecule has 0 aliphatic rings. The minimum atomic E-state index is -0.445. The molecule has 3 heterocycles. The van der Waals surface area contributed by atoms with Gasteiger partial charge >= 0.3 is 0 Å². The fraction of sp³-hybridized carbons (Fsp3) is 0.158. The Bertz CT molecular complexity index is 1160. The Labute approximate surface area is 163 Å². The second kappa shape index (κ2) is 7.01. The van der Waals surface area contributed by atoms with Crippen molar-refractivity contribution < 1.29 is 13.7 Å². The maximum absolute atomic E-state index is 13.1. The van der Waals surface area contributed by atoms with Crippen molar-refractivity contribution >= 4 is 22.4 Å². The molecule has 28 heavy (non-hydrogen) atoms. The highest BCUT2D eigenvalue weighted by Crippen LogP contribution is 2.31. The molecule has 7 nitrogen and oxygen atoms in total. The number of halogens is 1. The number of aryl methyl sites for hydroxylation is 3. The summed E-state index contributed by atoms with van der Waals surface area (Å²) in [6.07, 6.45) is 1.81. The third kappa shape index (κ3) is 3.44. The highest BCUT2D eigenvalue weighted by Gasteiger charge is 2.19. The summed E-state index contributed by atoms with van der Waals surface area (Å²) in [5.41, 5.74) is 3.61. The normalized spacial score (nSPS) is 11.0. The molecule has 3 aromatic heterocycles. The van der Waals surface area contributed by atoms with Gasteiger partial charge in [0, 0.05) is 35.3 Å². The average Bonchev–Trinajstić information content (AvgIpc) is 3.34. The molecular formula is C19H16FN5O2S. The van der Waals surface area contributed by atoms with Crippen LogP contribution in [0.2, 0.25) is 0 Å². The summed E-state index contributed by atoms with van der Waals surface area (Å²) in [5.74, 6) is -0.677. The van der Waals surface area contributed by atoms with Crippen LogP contribution in [0.1, 0.15) is 21.1 Å². The predicted octanol–water partition coefficient (Wildman–Crippen LogP) is 4.21. The second-order valence-corrected chi connectivity index (χ2v) is 7.47. The van der Waals surface area contributed by atoms with E-state index in [4.69, 9.17) is 4.52 Å². The Hall–Kier alpha value is -3.33. The fourth-order valence-corrected chi connectivity index (χ4v) is 3.68. The van der Waals surface area contributed by atoms with Crippen LogP contribution in [0.5, 0.6) is 0 Å². The van der Waals surface area contributed by atoms with Gasteiger partial charge in [0.15, 0.2) is 5.13 Å². The molecule has 142 valence electrons. The Morgan fingerprint density at radius 1 is 1.25 bits per heavy atom. The van der Waals surface area contributed by atoms with Gasteiger partial charge in [0.2, 0.25) is 5.76 Å². The highest BCUT2D eigenvalue weighted by molar-refractivity contribution is 7.16. The standard InChI is InChI=1S/C19H16FN5O2S/c1-10-14(9-25(3)23-10)15-8-16(27-24-15)18(26)22-19-21-17(11(2)28-19)12-4-6-13(20)7-5-12/h4-9H,1-3H3,(H,21,22,26). The average molecular weight is 397 g/mol. The molecule has 4 rings (SSSR count). The van der Waals surface area contributed by atoms with E-state index >= 15 is 0 Å². The van der Waals surface area contributed by atoms with E-state index in [1.54, 1.807) is 22.9 Å². The first-order valence-corrected chi connectivity index (χ1v) is 9.24. The molecule has 1 amide bonds. The lowest BCUT2D eigenvalue weighted by atomic mass is 10.1. The Morgan fingerprint density at radius 3 is 2.68 bits per heavy atom. The van der Waals surface area contributed by atoms with Crippen molar-refractivity contribution in [3.63, 3.8) is 0 Å². The molecule has 0 aliphatic heterocycles. The lowest BCUT2D eigenvalue weighted by molar-refractivity contribution is 0.0988. The van der Waals surface area contributed by atoms with Gasteiger partial charge in [-0.15, -0.1) is 11.3 Å². The summed E-state index contributed by atoms with van der Waals surface area (Å²) < 4.78 is 20.0. The molecular weight excluding hydrogens is 381 g/mol. The van der Waals surface area contributed by atoms with Crippen LogP contribution in [0.4, 0.5) is 9.52 Å². The number of thiazole rings is 1. The molecule has 0 saturated heterocycles. The zero-order chi connectivity index (χ0) is 19.8. The number of carbonyl (C=O) groups excluding carboxylic acids is 1. The summed E-state index contributed by atoms with van der Waals surface area (Å²) in [7, 11) is 1.81. The van der Waals surface area contributed by atoms with Crippen LogP contribution in [0, 0.1) is 19.7 Å². The van der Waals surface area contributed by atoms with Gasteiger partial charge in [-0.1, -0.05) is 5.16 Å². The molecule has 0 aliphatic carbocycles. The van der Waals surface area contributed by atoms with E-state index in [-0.39, 0.29) is 11.6 Å². The quantitative estimate of drug-likeness (QED) is 0.558. The van der Waals surface area contributed by atoms with E-state index in [9.17, 15) is 9.18 Å². The Balaban J connectivity index is 1.54. The van der Waals surface area contributed by atoms with Crippen LogP contribution in [0.3, 0.4) is 0 Å². The van der Waals surface area contributed by atoms with Crippen LogP contribution in [-0.4, -0.2) is 25.8 Å². The van der Waals surface area contributed by atoms with Crippen molar-refractivity contribution in [1.82, 2.24) is 19.9 Å². The van der Waals surface area contributed by atoms with Crippen molar-refractivity contribution in [3.05, 3.63) is 58.7 Å². The number of hydrogen-bond acceptors (Lipinski definition) is 6. The number of anilines is 1. The first-order chi connectivity index (χ1) is 13.4. The van der Waals surface area contributed by atoms with E-state index in [1.807, 2.05) is 27.1 Å². The van der Waals surface area contributed by atoms with Gasteiger partial charge in [-0.2, -0.15) is 5.10 Å². The number of rotatable bonds is 4. The van der Waals surface area contributed by atoms with Crippen LogP contribution in [0.25, 0.3) is 22.5 Å². The first-order valence-electron chi connectivity index (χ1n) is 8.43. The van der Waals surface area contributed by atoms with Gasteiger partial charge in [-0.05, 0) is 38.1 Å². The highest BCUT2D eigenvalue weighted by atomic mass is 32.1. The number of aromatic nitrogens is 4. The predicted molar refractivity (Wildman–Crippen MR) is 104 cm³/mol. The fourth-order valence-electron chi connectivity index (χ4n) is 2.84. The van der Waals surface area contributed by atoms with Gasteiger partial charge in [0.05, 0.1) is 11.4 Å². The molecule has 0 atom stereocenters. The number of carbonyl (C=O) groups is 1. The summed E-state index contributed by atoms with van der Waals surface area (Å²) in [4.78, 5) is 17.9. The van der Waals surface area contributed by atoms with Gasteiger partial charge in [-0.3, -0.25) is 14.8 Å². The number of nitrogens with one attached hydrogen (secondary N) is 1. The molecule has 0 spiro atoms. The summed E-state index contributed by atoms with van der Waals surface area (Å²) >= 11 is 1.33. The molecule has 0 bridgehead atoms. The monoisotopic (exact) mass is 397 g/mol. The van der Waals surface area contributed by atoms with Crippen molar-refractivity contribution in [2.75, 3.05) is 5.32 Å². The minimum Gasteiger partial charge on any atom is -0.350 e. The van der Waals surface area contributed by atoms with E-state index in [1.165, 1.54) is 23.5 Å². The van der Waals surface area contributed by atoms with E-state index < -0.39 is 5.91 Å². The lowest BCUT2D eigenvalue weighted by Gasteiger charge is -1.98. The molecule has 0 radical (unpaired) electrons. The zero-order valence-electron chi connectivity index (χ0n) is 15.4. The van der Waals surface area contributed by atoms with Gasteiger partial charge in [0.25, 0.3) is 5.91 Å². The Morgan fingerprint density at radius 2 is 2.00 bits per heavy atom. The van der Waals surface area contributed by atoms with Crippen molar-refractivity contribution in [2.24, 2.45) is 7.05 Å². The topological polar surface area (TPSA) is 85.8 Å². The van der Waals surface area contributed by atoms with Crippen molar-refractivity contribution in [1.29, 1.82) is 0 Å². The zero-order valence-corrected chi connectivity index (χ0v) is 16.2. The third-order valence-corrected chi connectivity index (χ3v) is 5.04. The van der Waals surface area contributed by atoms with E-state index in [0.717, 1.165) is 21.7 Å². The Kier molecular flexibility index (Phi) is 4.52. The van der Waals surface area contributed by atoms with Gasteiger partial charge in [-0.25, -0.2) is 9.37 Å². The molecule has 4 aromatic rings. The summed E-state index contributed by atoms with van der Waals surface area (Å²) in [5, 5.41) is 11.4. The number of amides is 1. The molecule has 0 unspecified atom stereocenters. The molecule has 0 fully saturated rings. The third-order valence-electron chi connectivity index (χ3n) is 4.16. The van der Waals surface area contributed by atoms with Crippen molar-refractivity contribution in [2.45, 2.75) is 13.8 Å². The van der Waals surface area contributed by atoms with Crippen LogP contribution < -0.4 is 5.32 Å². The molecule has 1 aromatic carbocycles.